The van der Waals surface area contributed by atoms with Gasteiger partial charge in [-0.05, 0) is 40.8 Å². The SMILES string of the molecule is COCC(CBr)NC(=O)c1cccc(I)c1. The molecule has 1 aromatic rings. The van der Waals surface area contributed by atoms with Gasteiger partial charge in [0.15, 0.2) is 0 Å². The normalized spacial score (nSPS) is 12.2. The van der Waals surface area contributed by atoms with Crippen molar-refractivity contribution >= 4 is 44.4 Å². The lowest BCUT2D eigenvalue weighted by Crippen LogP contribution is -2.39. The molecule has 0 fully saturated rings. The van der Waals surface area contributed by atoms with Crippen LogP contribution >= 0.6 is 38.5 Å². The number of alkyl halides is 1. The van der Waals surface area contributed by atoms with E-state index < -0.39 is 0 Å². The largest absolute Gasteiger partial charge is 0.383 e. The molecule has 1 unspecified atom stereocenters. The minimum atomic E-state index is -0.0694. The Morgan fingerprint density at radius 2 is 2.38 bits per heavy atom. The Kier molecular flexibility index (Phi) is 6.30. The molecule has 0 heterocycles. The Morgan fingerprint density at radius 3 is 2.94 bits per heavy atom. The quantitative estimate of drug-likeness (QED) is 0.612. The number of nitrogens with one attached hydrogen (secondary N) is 1. The average molecular weight is 398 g/mol. The van der Waals surface area contributed by atoms with Crippen molar-refractivity contribution in [1.29, 1.82) is 0 Å². The summed E-state index contributed by atoms with van der Waals surface area (Å²) in [6.45, 7) is 0.501. The van der Waals surface area contributed by atoms with Crippen LogP contribution in [0.3, 0.4) is 0 Å². The van der Waals surface area contributed by atoms with Crippen molar-refractivity contribution in [3.8, 4) is 0 Å². The second kappa shape index (κ2) is 7.24. The van der Waals surface area contributed by atoms with Gasteiger partial charge in [0.25, 0.3) is 5.91 Å². The summed E-state index contributed by atoms with van der Waals surface area (Å²) in [6.07, 6.45) is 0. The number of carbonyl (C=O) groups is 1. The van der Waals surface area contributed by atoms with E-state index in [1.54, 1.807) is 13.2 Å². The van der Waals surface area contributed by atoms with Gasteiger partial charge in [0.05, 0.1) is 12.6 Å². The van der Waals surface area contributed by atoms with Crippen LogP contribution in [-0.2, 0) is 4.74 Å². The first-order valence-corrected chi connectivity index (χ1v) is 6.98. The molecule has 16 heavy (non-hydrogen) atoms. The summed E-state index contributed by atoms with van der Waals surface area (Å²) in [5.74, 6) is -0.0694. The Hall–Kier alpha value is -0.140. The second-order valence-corrected chi connectivity index (χ2v) is 5.18. The highest BCUT2D eigenvalue weighted by molar-refractivity contribution is 14.1. The molecule has 0 saturated carbocycles. The molecule has 1 N–H and O–H groups in total. The lowest BCUT2D eigenvalue weighted by molar-refractivity contribution is 0.0908. The van der Waals surface area contributed by atoms with E-state index in [4.69, 9.17) is 4.74 Å². The van der Waals surface area contributed by atoms with Gasteiger partial charge in [-0.3, -0.25) is 4.79 Å². The zero-order chi connectivity index (χ0) is 12.0. The standard InChI is InChI=1S/C11H13BrINO2/c1-16-7-10(6-12)14-11(15)8-3-2-4-9(13)5-8/h2-5,10H,6-7H2,1H3,(H,14,15). The maximum atomic E-state index is 11.9. The van der Waals surface area contributed by atoms with E-state index >= 15 is 0 Å². The van der Waals surface area contributed by atoms with Crippen LogP contribution in [0.5, 0.6) is 0 Å². The van der Waals surface area contributed by atoms with Crippen LogP contribution in [0.2, 0.25) is 0 Å². The lowest BCUT2D eigenvalue weighted by Gasteiger charge is -2.15. The first kappa shape index (κ1) is 13.9. The molecule has 3 nitrogen and oxygen atoms in total. The van der Waals surface area contributed by atoms with Crippen LogP contribution in [0.25, 0.3) is 0 Å². The van der Waals surface area contributed by atoms with Gasteiger partial charge >= 0.3 is 0 Å². The van der Waals surface area contributed by atoms with E-state index in [9.17, 15) is 4.79 Å². The summed E-state index contributed by atoms with van der Waals surface area (Å²) >= 11 is 5.52. The zero-order valence-corrected chi connectivity index (χ0v) is 12.6. The molecule has 0 saturated heterocycles. The Balaban J connectivity index is 2.64. The number of amides is 1. The summed E-state index contributed by atoms with van der Waals surface area (Å²) in [6, 6.07) is 7.48. The van der Waals surface area contributed by atoms with Crippen molar-refractivity contribution in [3.05, 3.63) is 33.4 Å². The average Bonchev–Trinajstić information content (AvgIpc) is 2.28. The monoisotopic (exact) mass is 397 g/mol. The number of ether oxygens (including phenoxy) is 1. The van der Waals surface area contributed by atoms with Crippen molar-refractivity contribution in [2.24, 2.45) is 0 Å². The number of benzene rings is 1. The summed E-state index contributed by atoms with van der Waals surface area (Å²) in [5.41, 5.74) is 0.675. The van der Waals surface area contributed by atoms with Crippen LogP contribution < -0.4 is 5.32 Å². The third kappa shape index (κ3) is 4.39. The predicted octanol–water partition coefficient (Wildman–Crippen LogP) is 2.43. The highest BCUT2D eigenvalue weighted by atomic mass is 127. The molecule has 5 heteroatoms. The van der Waals surface area contributed by atoms with Crippen LogP contribution in [0.4, 0.5) is 0 Å². The molecule has 0 aliphatic heterocycles. The minimum absolute atomic E-state index is 0.00429. The van der Waals surface area contributed by atoms with Crippen LogP contribution in [0.1, 0.15) is 10.4 Å². The second-order valence-electron chi connectivity index (χ2n) is 3.29. The molecule has 1 aromatic carbocycles. The van der Waals surface area contributed by atoms with Crippen molar-refractivity contribution in [1.82, 2.24) is 5.32 Å². The highest BCUT2D eigenvalue weighted by Gasteiger charge is 2.12. The molecule has 1 atom stereocenters. The van der Waals surface area contributed by atoms with Crippen molar-refractivity contribution in [3.63, 3.8) is 0 Å². The van der Waals surface area contributed by atoms with Gasteiger partial charge in [0.2, 0.25) is 0 Å². The van der Waals surface area contributed by atoms with E-state index in [-0.39, 0.29) is 11.9 Å². The third-order valence-electron chi connectivity index (χ3n) is 1.98. The molecular formula is C11H13BrINO2. The number of carbonyl (C=O) groups excluding carboxylic acids is 1. The molecule has 0 aliphatic rings. The highest BCUT2D eigenvalue weighted by Crippen LogP contribution is 2.08. The molecule has 1 amide bonds. The van der Waals surface area contributed by atoms with Crippen molar-refractivity contribution < 1.29 is 9.53 Å². The fraction of sp³-hybridized carbons (Fsp3) is 0.364. The Bertz CT molecular complexity index is 360. The Morgan fingerprint density at radius 1 is 1.62 bits per heavy atom. The van der Waals surface area contributed by atoms with E-state index in [2.05, 4.69) is 43.8 Å². The fourth-order valence-corrected chi connectivity index (χ4v) is 2.12. The molecule has 0 spiro atoms. The number of hydrogen-bond acceptors (Lipinski definition) is 2. The maximum absolute atomic E-state index is 11.9. The lowest BCUT2D eigenvalue weighted by atomic mass is 10.2. The molecule has 88 valence electrons. The van der Waals surface area contributed by atoms with Crippen molar-refractivity contribution in [2.75, 3.05) is 19.0 Å². The van der Waals surface area contributed by atoms with Gasteiger partial charge in [0, 0.05) is 21.6 Å². The third-order valence-corrected chi connectivity index (χ3v) is 3.43. The first-order valence-electron chi connectivity index (χ1n) is 4.78. The van der Waals surface area contributed by atoms with Gasteiger partial charge in [-0.1, -0.05) is 22.0 Å². The number of rotatable bonds is 5. The first-order chi connectivity index (χ1) is 7.67. The van der Waals surface area contributed by atoms with Gasteiger partial charge < -0.3 is 10.1 Å². The zero-order valence-electron chi connectivity index (χ0n) is 8.87. The maximum Gasteiger partial charge on any atom is 0.251 e. The molecule has 0 aliphatic carbocycles. The van der Waals surface area contributed by atoms with E-state index in [1.807, 2.05) is 18.2 Å². The molecule has 0 aromatic heterocycles. The van der Waals surface area contributed by atoms with E-state index in [0.29, 0.717) is 17.5 Å². The summed E-state index contributed by atoms with van der Waals surface area (Å²) < 4.78 is 6.06. The fourth-order valence-electron chi connectivity index (χ4n) is 1.22. The van der Waals surface area contributed by atoms with E-state index in [0.717, 1.165) is 3.57 Å². The van der Waals surface area contributed by atoms with Gasteiger partial charge in [-0.25, -0.2) is 0 Å². The topological polar surface area (TPSA) is 38.3 Å². The van der Waals surface area contributed by atoms with Crippen LogP contribution in [-0.4, -0.2) is 31.0 Å². The van der Waals surface area contributed by atoms with E-state index in [1.165, 1.54) is 0 Å². The molecule has 1 rings (SSSR count). The minimum Gasteiger partial charge on any atom is -0.383 e. The smallest absolute Gasteiger partial charge is 0.251 e. The van der Waals surface area contributed by atoms with Crippen molar-refractivity contribution in [2.45, 2.75) is 6.04 Å². The number of methoxy groups -OCH3 is 1. The number of hydrogen-bond donors (Lipinski definition) is 1. The van der Waals surface area contributed by atoms with Gasteiger partial charge in [-0.2, -0.15) is 0 Å². The number of halogens is 2. The predicted molar refractivity (Wildman–Crippen MR) is 76.1 cm³/mol. The summed E-state index contributed by atoms with van der Waals surface area (Å²) in [5, 5.41) is 3.57. The molecule has 0 radical (unpaired) electrons. The Labute approximate surface area is 117 Å². The van der Waals surface area contributed by atoms with Gasteiger partial charge in [0.1, 0.15) is 0 Å². The van der Waals surface area contributed by atoms with Gasteiger partial charge in [-0.15, -0.1) is 0 Å². The van der Waals surface area contributed by atoms with Crippen LogP contribution in [0.15, 0.2) is 24.3 Å². The summed E-state index contributed by atoms with van der Waals surface area (Å²) in [4.78, 5) is 11.9. The molecular weight excluding hydrogens is 385 g/mol. The molecule has 0 bridgehead atoms. The summed E-state index contributed by atoms with van der Waals surface area (Å²) in [7, 11) is 1.62. The van der Waals surface area contributed by atoms with Crippen LogP contribution in [0, 0.1) is 3.57 Å².